The number of β-amino-alcohol motifs (C(OH)–C–C–N with tert-alkyl or cyclic N) is 1. The molecule has 3 heterocycles. The van der Waals surface area contributed by atoms with Crippen LogP contribution in [0.2, 0.25) is 10.3 Å². The summed E-state index contributed by atoms with van der Waals surface area (Å²) >= 11 is 11.8. The van der Waals surface area contributed by atoms with Crippen LogP contribution in [0.5, 0.6) is 5.88 Å². The lowest BCUT2D eigenvalue weighted by Gasteiger charge is -2.34. The molecular weight excluding hydrogens is 481 g/mol. The van der Waals surface area contributed by atoms with E-state index in [0.717, 1.165) is 4.90 Å². The highest BCUT2D eigenvalue weighted by molar-refractivity contribution is 6.33. The summed E-state index contributed by atoms with van der Waals surface area (Å²) in [6, 6.07) is -0.778. The number of likely N-dealkylation sites (tertiary alicyclic amines) is 1. The number of nitro groups is 1. The first-order valence-electron chi connectivity index (χ1n) is 10.0. The lowest BCUT2D eigenvalue weighted by molar-refractivity contribution is -0.386. The van der Waals surface area contributed by atoms with Crippen LogP contribution in [0.3, 0.4) is 0 Å². The van der Waals surface area contributed by atoms with Gasteiger partial charge in [0.1, 0.15) is 16.5 Å². The number of hydrogen-bond donors (Lipinski definition) is 3. The maximum Gasteiger partial charge on any atom is 0.407 e. The predicted octanol–water partition coefficient (Wildman–Crippen LogP) is 2.75. The summed E-state index contributed by atoms with van der Waals surface area (Å²) in [4.78, 5) is 31.1. The zero-order chi connectivity index (χ0) is 24.3. The molecule has 0 spiro atoms. The van der Waals surface area contributed by atoms with E-state index in [0.29, 0.717) is 17.3 Å². The minimum atomic E-state index is -1.13. The molecule has 0 saturated carbocycles. The number of carbonyl (C=O) groups is 1. The first kappa shape index (κ1) is 24.7. The molecule has 1 fully saturated rings. The number of anilines is 1. The van der Waals surface area contributed by atoms with E-state index in [4.69, 9.17) is 33.0 Å². The summed E-state index contributed by atoms with van der Waals surface area (Å²) < 4.78 is 6.96. The minimum Gasteiger partial charge on any atom is -0.472 e. The van der Waals surface area contributed by atoms with Gasteiger partial charge >= 0.3 is 17.7 Å². The molecule has 13 nitrogen and oxygen atoms in total. The van der Waals surface area contributed by atoms with E-state index in [-0.39, 0.29) is 54.7 Å². The summed E-state index contributed by atoms with van der Waals surface area (Å²) in [5, 5.41) is 38.8. The Kier molecular flexibility index (Phi) is 7.76. The van der Waals surface area contributed by atoms with Gasteiger partial charge in [-0.25, -0.2) is 9.78 Å². The molecule has 0 aromatic carbocycles. The van der Waals surface area contributed by atoms with Crippen molar-refractivity contribution in [1.82, 2.24) is 24.6 Å². The van der Waals surface area contributed by atoms with E-state index >= 15 is 0 Å². The van der Waals surface area contributed by atoms with Crippen molar-refractivity contribution < 1.29 is 24.7 Å². The van der Waals surface area contributed by atoms with Gasteiger partial charge in [-0.3, -0.25) is 14.8 Å². The second-order valence-electron chi connectivity index (χ2n) is 7.61. The largest absolute Gasteiger partial charge is 0.472 e. The number of aromatic nitrogens is 4. The molecule has 180 valence electrons. The van der Waals surface area contributed by atoms with E-state index in [1.807, 2.05) is 6.92 Å². The molecule has 2 aromatic rings. The third-order valence-corrected chi connectivity index (χ3v) is 5.75. The Morgan fingerprint density at radius 2 is 2.21 bits per heavy atom. The van der Waals surface area contributed by atoms with Crippen LogP contribution >= 0.6 is 23.2 Å². The SMILES string of the molecule is Cc1c([N+](=O)[O-])c(OCCC(C)Nc2nc(Cl)ncc2Cl)nn1C1CCN(C(=O)O)CC1O. The summed E-state index contributed by atoms with van der Waals surface area (Å²) in [6.07, 6.45) is -0.130. The monoisotopic (exact) mass is 503 g/mol. The molecule has 0 aliphatic carbocycles. The predicted molar refractivity (Wildman–Crippen MR) is 118 cm³/mol. The van der Waals surface area contributed by atoms with Crippen molar-refractivity contribution in [1.29, 1.82) is 0 Å². The fourth-order valence-electron chi connectivity index (χ4n) is 3.58. The van der Waals surface area contributed by atoms with E-state index < -0.39 is 23.2 Å². The molecule has 0 radical (unpaired) electrons. The fraction of sp³-hybridized carbons (Fsp3) is 0.556. The highest BCUT2D eigenvalue weighted by atomic mass is 35.5. The van der Waals surface area contributed by atoms with Crippen molar-refractivity contribution in [2.45, 2.75) is 44.9 Å². The van der Waals surface area contributed by atoms with E-state index in [1.54, 1.807) is 0 Å². The first-order valence-corrected chi connectivity index (χ1v) is 10.8. The van der Waals surface area contributed by atoms with Gasteiger partial charge in [-0.05, 0) is 31.9 Å². The van der Waals surface area contributed by atoms with Crippen molar-refractivity contribution in [2.75, 3.05) is 25.0 Å². The molecule has 3 unspecified atom stereocenters. The lowest BCUT2D eigenvalue weighted by atomic mass is 10.0. The fourth-order valence-corrected chi connectivity index (χ4v) is 3.86. The van der Waals surface area contributed by atoms with Crippen LogP contribution in [-0.4, -0.2) is 77.7 Å². The summed E-state index contributed by atoms with van der Waals surface area (Å²) in [5.41, 5.74) is -0.0782. The van der Waals surface area contributed by atoms with Crippen molar-refractivity contribution in [3.05, 3.63) is 32.3 Å². The summed E-state index contributed by atoms with van der Waals surface area (Å²) in [5.74, 6) is 0.192. The molecule has 1 aliphatic heterocycles. The van der Waals surface area contributed by atoms with Gasteiger partial charge in [0.2, 0.25) is 5.28 Å². The Balaban J connectivity index is 1.67. The average Bonchev–Trinajstić information content (AvgIpc) is 3.06. The van der Waals surface area contributed by atoms with Gasteiger partial charge in [-0.2, -0.15) is 4.98 Å². The molecule has 3 rings (SSSR count). The first-order chi connectivity index (χ1) is 15.6. The summed E-state index contributed by atoms with van der Waals surface area (Å²) in [7, 11) is 0. The minimum absolute atomic E-state index is 0.0402. The number of halogens is 2. The van der Waals surface area contributed by atoms with Crippen molar-refractivity contribution in [2.24, 2.45) is 0 Å². The number of aliphatic hydroxyl groups excluding tert-OH is 1. The van der Waals surface area contributed by atoms with Crippen LogP contribution in [0.15, 0.2) is 6.20 Å². The van der Waals surface area contributed by atoms with Crippen LogP contribution in [0.25, 0.3) is 0 Å². The van der Waals surface area contributed by atoms with Crippen LogP contribution in [0.4, 0.5) is 16.3 Å². The van der Waals surface area contributed by atoms with Gasteiger partial charge in [0.25, 0.3) is 0 Å². The Hall–Kier alpha value is -2.90. The smallest absolute Gasteiger partial charge is 0.407 e. The number of ether oxygens (including phenoxy) is 1. The third-order valence-electron chi connectivity index (χ3n) is 5.29. The van der Waals surface area contributed by atoms with Gasteiger partial charge in [0.05, 0.1) is 36.4 Å². The van der Waals surface area contributed by atoms with Crippen LogP contribution in [0, 0.1) is 17.0 Å². The topological polar surface area (TPSA) is 169 Å². The molecule has 2 aromatic heterocycles. The Labute approximate surface area is 198 Å². The lowest BCUT2D eigenvalue weighted by Crippen LogP contribution is -2.47. The van der Waals surface area contributed by atoms with Crippen LogP contribution in [-0.2, 0) is 0 Å². The second-order valence-corrected chi connectivity index (χ2v) is 8.36. The van der Waals surface area contributed by atoms with Crippen molar-refractivity contribution in [3.8, 4) is 5.88 Å². The molecule has 3 N–H and O–H groups in total. The number of carboxylic acid groups (broad SMARTS) is 1. The van der Waals surface area contributed by atoms with E-state index in [9.17, 15) is 20.0 Å². The van der Waals surface area contributed by atoms with Crippen molar-refractivity contribution in [3.63, 3.8) is 0 Å². The molecule has 1 amide bonds. The normalized spacial score (nSPS) is 19.2. The summed E-state index contributed by atoms with van der Waals surface area (Å²) in [6.45, 7) is 3.53. The number of nitrogens with zero attached hydrogens (tertiary/aromatic N) is 6. The van der Waals surface area contributed by atoms with Gasteiger partial charge in [-0.1, -0.05) is 11.6 Å². The van der Waals surface area contributed by atoms with Crippen molar-refractivity contribution >= 4 is 40.8 Å². The molecule has 3 atom stereocenters. The maximum atomic E-state index is 11.6. The molecule has 15 heteroatoms. The second kappa shape index (κ2) is 10.4. The van der Waals surface area contributed by atoms with Gasteiger partial charge in [0.15, 0.2) is 0 Å². The number of nitrogens with one attached hydrogen (secondary N) is 1. The number of aliphatic hydroxyl groups is 1. The molecule has 1 aliphatic rings. The number of piperidine rings is 1. The van der Waals surface area contributed by atoms with Crippen LogP contribution < -0.4 is 10.1 Å². The van der Waals surface area contributed by atoms with Gasteiger partial charge < -0.3 is 25.2 Å². The Morgan fingerprint density at radius 1 is 1.48 bits per heavy atom. The molecule has 0 bridgehead atoms. The zero-order valence-corrected chi connectivity index (χ0v) is 19.3. The van der Waals surface area contributed by atoms with Gasteiger partial charge in [0, 0.05) is 19.0 Å². The van der Waals surface area contributed by atoms with E-state index in [1.165, 1.54) is 17.8 Å². The number of amides is 1. The standard InChI is InChI=1S/C18H23Cl2N7O6/c1-9(22-15-11(19)7-21-17(20)23-15)4-6-33-16-14(27(31)32)10(2)26(24-16)12-3-5-25(18(29)30)8-13(12)28/h7,9,12-13,28H,3-6,8H2,1-2H3,(H,29,30)(H,21,22,23). The molecule has 33 heavy (non-hydrogen) atoms. The molecule has 1 saturated heterocycles. The Morgan fingerprint density at radius 3 is 2.85 bits per heavy atom. The highest BCUT2D eigenvalue weighted by Gasteiger charge is 2.36. The third kappa shape index (κ3) is 5.72. The molecular formula is C18H23Cl2N7O6. The van der Waals surface area contributed by atoms with Crippen LogP contribution in [0.1, 0.15) is 31.5 Å². The quantitative estimate of drug-likeness (QED) is 0.276. The maximum absolute atomic E-state index is 11.6. The van der Waals surface area contributed by atoms with E-state index in [2.05, 4.69) is 20.4 Å². The Bertz CT molecular complexity index is 1040. The number of rotatable bonds is 8. The zero-order valence-electron chi connectivity index (χ0n) is 17.8. The number of hydrogen-bond acceptors (Lipinski definition) is 9. The highest BCUT2D eigenvalue weighted by Crippen LogP contribution is 2.34. The van der Waals surface area contributed by atoms with Gasteiger partial charge in [-0.15, -0.1) is 5.10 Å². The average molecular weight is 504 g/mol.